The number of likely N-dealkylation sites (tertiary alicyclic amines) is 1. The number of hydrogen-bond donors (Lipinski definition) is 1. The highest BCUT2D eigenvalue weighted by Crippen LogP contribution is 2.41. The van der Waals surface area contributed by atoms with Gasteiger partial charge in [-0.1, -0.05) is 30.3 Å². The van der Waals surface area contributed by atoms with Crippen molar-refractivity contribution in [2.45, 2.75) is 51.1 Å². The molecule has 35 heavy (non-hydrogen) atoms. The molecule has 0 aromatic heterocycles. The minimum Gasteiger partial charge on any atom is -0.492 e. The average molecular weight is 495 g/mol. The molecule has 0 spiro atoms. The van der Waals surface area contributed by atoms with E-state index < -0.39 is 24.4 Å². The molecule has 1 N–H and O–H groups in total. The third-order valence-corrected chi connectivity index (χ3v) is 7.04. The minimum absolute atomic E-state index is 0.134. The van der Waals surface area contributed by atoms with Crippen LogP contribution in [-0.2, 0) is 12.0 Å². The number of alkyl halides is 4. The lowest BCUT2D eigenvalue weighted by atomic mass is 9.82. The first-order chi connectivity index (χ1) is 16.4. The molecule has 0 amide bonds. The van der Waals surface area contributed by atoms with E-state index in [1.807, 2.05) is 31.2 Å². The van der Waals surface area contributed by atoms with Crippen LogP contribution in [0.25, 0.3) is 0 Å². The molecule has 0 radical (unpaired) electrons. The van der Waals surface area contributed by atoms with Gasteiger partial charge in [0, 0.05) is 31.6 Å². The van der Waals surface area contributed by atoms with Crippen LogP contribution in [0.15, 0.2) is 42.5 Å². The Morgan fingerprint density at radius 1 is 1.06 bits per heavy atom. The van der Waals surface area contributed by atoms with E-state index in [4.69, 9.17) is 4.74 Å². The predicted molar refractivity (Wildman–Crippen MR) is 127 cm³/mol. The molecular formula is C27H34F4N2O2. The molecule has 2 atom stereocenters. The number of benzene rings is 2. The molecule has 1 saturated heterocycles. The van der Waals surface area contributed by atoms with Gasteiger partial charge in [-0.3, -0.25) is 14.2 Å². The Kier molecular flexibility index (Phi) is 7.46. The van der Waals surface area contributed by atoms with Crippen molar-refractivity contribution >= 4 is 0 Å². The molecule has 2 aromatic carbocycles. The normalized spacial score (nSPS) is 22.1. The molecule has 0 saturated carbocycles. The summed E-state index contributed by atoms with van der Waals surface area (Å²) in [7, 11) is 0. The number of fused-ring (bicyclic) bond motifs is 1. The van der Waals surface area contributed by atoms with Crippen molar-refractivity contribution in [3.8, 4) is 5.75 Å². The fraction of sp³-hybridized carbons (Fsp3) is 0.556. The van der Waals surface area contributed by atoms with Crippen molar-refractivity contribution in [3.05, 3.63) is 64.7 Å². The molecule has 192 valence electrons. The molecule has 0 unspecified atom stereocenters. The third-order valence-electron chi connectivity index (χ3n) is 7.04. The van der Waals surface area contributed by atoms with Crippen LogP contribution in [0, 0.1) is 5.92 Å². The van der Waals surface area contributed by atoms with Crippen molar-refractivity contribution in [2.24, 2.45) is 5.92 Å². The van der Waals surface area contributed by atoms with E-state index in [0.29, 0.717) is 25.3 Å². The largest absolute Gasteiger partial charge is 0.492 e. The highest BCUT2D eigenvalue weighted by molar-refractivity contribution is 5.44. The van der Waals surface area contributed by atoms with Crippen LogP contribution >= 0.6 is 0 Å². The van der Waals surface area contributed by atoms with E-state index in [2.05, 4.69) is 4.90 Å². The predicted octanol–water partition coefficient (Wildman–Crippen LogP) is 5.09. The molecule has 2 aromatic rings. The first kappa shape index (κ1) is 25.9. The van der Waals surface area contributed by atoms with Crippen molar-refractivity contribution in [1.29, 1.82) is 0 Å². The number of hydrogen-bond acceptors (Lipinski definition) is 4. The number of nitrogens with zero attached hydrogens (tertiary/aromatic N) is 2. The van der Waals surface area contributed by atoms with Gasteiger partial charge >= 0.3 is 6.18 Å². The number of aliphatic hydroxyl groups is 1. The first-order valence-electron chi connectivity index (χ1n) is 12.1. The molecule has 2 aliphatic rings. The van der Waals surface area contributed by atoms with Crippen molar-refractivity contribution in [2.75, 3.05) is 39.5 Å². The molecule has 2 aliphatic heterocycles. The van der Waals surface area contributed by atoms with Crippen LogP contribution in [0.2, 0.25) is 0 Å². The molecule has 8 heteroatoms. The molecule has 1 fully saturated rings. The maximum Gasteiger partial charge on any atom is 0.401 e. The van der Waals surface area contributed by atoms with E-state index in [1.54, 1.807) is 32.0 Å². The van der Waals surface area contributed by atoms with Gasteiger partial charge in [-0.2, -0.15) is 13.2 Å². The third kappa shape index (κ3) is 6.16. The second-order valence-corrected chi connectivity index (χ2v) is 10.4. The van der Waals surface area contributed by atoms with Gasteiger partial charge in [-0.25, -0.2) is 0 Å². The van der Waals surface area contributed by atoms with Crippen molar-refractivity contribution in [3.63, 3.8) is 0 Å². The maximum atomic E-state index is 13.5. The second-order valence-electron chi connectivity index (χ2n) is 10.4. The monoisotopic (exact) mass is 494 g/mol. The average Bonchev–Trinajstić information content (AvgIpc) is 2.74. The fourth-order valence-corrected chi connectivity index (χ4v) is 5.12. The lowest BCUT2D eigenvalue weighted by Crippen LogP contribution is -2.49. The zero-order valence-electron chi connectivity index (χ0n) is 20.5. The quantitative estimate of drug-likeness (QED) is 0.519. The summed E-state index contributed by atoms with van der Waals surface area (Å²) in [5.74, 6) is 0.786. The van der Waals surface area contributed by atoms with Crippen molar-refractivity contribution < 1.29 is 27.4 Å². The van der Waals surface area contributed by atoms with Crippen molar-refractivity contribution in [1.82, 2.24) is 9.80 Å². The van der Waals surface area contributed by atoms with E-state index in [1.165, 1.54) is 4.90 Å². The summed E-state index contributed by atoms with van der Waals surface area (Å²) in [6, 6.07) is 11.9. The Balaban J connectivity index is 1.55. The first-order valence-corrected chi connectivity index (χ1v) is 12.1. The minimum atomic E-state index is -4.32. The van der Waals surface area contributed by atoms with E-state index in [-0.39, 0.29) is 18.6 Å². The van der Waals surface area contributed by atoms with Gasteiger partial charge < -0.3 is 9.84 Å². The van der Waals surface area contributed by atoms with Crippen LogP contribution in [-0.4, -0.2) is 66.6 Å². The molecule has 2 heterocycles. The Hall–Kier alpha value is -2.16. The summed E-state index contributed by atoms with van der Waals surface area (Å²) in [5.41, 5.74) is 2.27. The Bertz CT molecular complexity index is 998. The summed E-state index contributed by atoms with van der Waals surface area (Å²) >= 11 is 0. The molecule has 4 nitrogen and oxygen atoms in total. The smallest absolute Gasteiger partial charge is 0.401 e. The van der Waals surface area contributed by atoms with E-state index >= 15 is 0 Å². The Morgan fingerprint density at radius 3 is 2.34 bits per heavy atom. The van der Waals surface area contributed by atoms with E-state index in [0.717, 1.165) is 35.3 Å². The maximum absolute atomic E-state index is 13.5. The van der Waals surface area contributed by atoms with Gasteiger partial charge in [-0.15, -0.1) is 0 Å². The van der Waals surface area contributed by atoms with Crippen LogP contribution in [0.1, 0.15) is 49.1 Å². The number of ether oxygens (including phenoxy) is 1. The summed E-state index contributed by atoms with van der Waals surface area (Å²) in [5, 5.41) is 10.4. The molecule has 4 rings (SSSR count). The van der Waals surface area contributed by atoms with Gasteiger partial charge in [0.15, 0.2) is 0 Å². The lowest BCUT2D eigenvalue weighted by Gasteiger charge is -2.43. The van der Waals surface area contributed by atoms with Gasteiger partial charge in [0.05, 0.1) is 24.9 Å². The molecule has 0 aliphatic carbocycles. The number of rotatable bonds is 8. The van der Waals surface area contributed by atoms with Crippen LogP contribution in [0.3, 0.4) is 0 Å². The van der Waals surface area contributed by atoms with Crippen LogP contribution in [0.5, 0.6) is 5.75 Å². The van der Waals surface area contributed by atoms with Gasteiger partial charge in [0.2, 0.25) is 0 Å². The standard InChI is InChI=1S/C27H34F4N2O2/c1-18-12-21-13-22(26(2,3)34)6-9-24(21)25(33(18)17-27(29,30)31)20-4-7-23(8-5-20)35-11-10-32-15-19(14-28)16-32/h4-9,13,18-19,25,34H,10-12,14-17H2,1-3H3/t18-,25-/m0/s1. The Morgan fingerprint density at radius 2 is 1.74 bits per heavy atom. The summed E-state index contributed by atoms with van der Waals surface area (Å²) in [4.78, 5) is 3.64. The zero-order valence-corrected chi connectivity index (χ0v) is 20.5. The molecule has 0 bridgehead atoms. The Labute approximate surface area is 204 Å². The van der Waals surface area contributed by atoms with Gasteiger partial charge in [0.25, 0.3) is 0 Å². The summed E-state index contributed by atoms with van der Waals surface area (Å²) < 4.78 is 59.0. The van der Waals surface area contributed by atoms with Crippen LogP contribution in [0.4, 0.5) is 17.6 Å². The highest BCUT2D eigenvalue weighted by Gasteiger charge is 2.40. The van der Waals surface area contributed by atoms with Crippen LogP contribution < -0.4 is 4.74 Å². The van der Waals surface area contributed by atoms with Gasteiger partial charge in [-0.05, 0) is 61.6 Å². The highest BCUT2D eigenvalue weighted by atomic mass is 19.4. The van der Waals surface area contributed by atoms with E-state index in [9.17, 15) is 22.7 Å². The summed E-state index contributed by atoms with van der Waals surface area (Å²) in [6.45, 7) is 6.63. The summed E-state index contributed by atoms with van der Waals surface area (Å²) in [6.07, 6.45) is -3.84. The van der Waals surface area contributed by atoms with Gasteiger partial charge in [0.1, 0.15) is 12.4 Å². The molecular weight excluding hydrogens is 460 g/mol. The SMILES string of the molecule is C[C@H]1Cc2cc(C(C)(C)O)ccc2[C@H](c2ccc(OCCN3CC(CF)C3)cc2)N1CC(F)(F)F. The number of halogens is 4. The fourth-order valence-electron chi connectivity index (χ4n) is 5.12. The second kappa shape index (κ2) is 10.1. The zero-order chi connectivity index (χ0) is 25.4. The lowest BCUT2D eigenvalue weighted by molar-refractivity contribution is -0.155. The topological polar surface area (TPSA) is 35.9 Å².